The van der Waals surface area contributed by atoms with E-state index in [2.05, 4.69) is 59.6 Å². The van der Waals surface area contributed by atoms with Gasteiger partial charge in [-0.15, -0.1) is 0 Å². The molecular formula is C15H20BrN3. The Morgan fingerprint density at radius 1 is 1.32 bits per heavy atom. The maximum absolute atomic E-state index is 5.62. The summed E-state index contributed by atoms with van der Waals surface area (Å²) in [6, 6.07) is 6.39. The minimum atomic E-state index is 0.640. The zero-order valence-electron chi connectivity index (χ0n) is 11.7. The third-order valence-electron chi connectivity index (χ3n) is 3.60. The summed E-state index contributed by atoms with van der Waals surface area (Å²) in [6.07, 6.45) is 1.71. The maximum atomic E-state index is 5.62. The van der Waals surface area contributed by atoms with Gasteiger partial charge in [-0.1, -0.05) is 22.0 Å². The topological polar surface area (TPSA) is 43.8 Å². The summed E-state index contributed by atoms with van der Waals surface area (Å²) in [5.74, 6) is 1.07. The average Bonchev–Trinajstić information content (AvgIpc) is 2.62. The van der Waals surface area contributed by atoms with Gasteiger partial charge in [-0.2, -0.15) is 0 Å². The van der Waals surface area contributed by atoms with Crippen LogP contribution in [-0.2, 0) is 19.9 Å². The van der Waals surface area contributed by atoms with E-state index in [1.807, 2.05) is 0 Å². The second-order valence-electron chi connectivity index (χ2n) is 4.91. The van der Waals surface area contributed by atoms with Crippen LogP contribution in [-0.4, -0.2) is 16.1 Å². The van der Waals surface area contributed by atoms with Crippen molar-refractivity contribution < 1.29 is 0 Å². The van der Waals surface area contributed by atoms with Crippen molar-refractivity contribution in [1.29, 1.82) is 0 Å². The summed E-state index contributed by atoms with van der Waals surface area (Å²) in [5.41, 5.74) is 10.6. The molecule has 4 heteroatoms. The maximum Gasteiger partial charge on any atom is 0.110 e. The highest BCUT2D eigenvalue weighted by Gasteiger charge is 2.12. The summed E-state index contributed by atoms with van der Waals surface area (Å²) in [4.78, 5) is 4.73. The van der Waals surface area contributed by atoms with Gasteiger partial charge in [0.1, 0.15) is 5.82 Å². The van der Waals surface area contributed by atoms with E-state index in [4.69, 9.17) is 10.7 Å². The third-order valence-corrected chi connectivity index (χ3v) is 4.10. The third kappa shape index (κ3) is 3.07. The molecule has 1 aromatic heterocycles. The van der Waals surface area contributed by atoms with Crippen molar-refractivity contribution in [2.45, 2.75) is 26.7 Å². The Kier molecular flexibility index (Phi) is 4.42. The Hall–Kier alpha value is -1.13. The lowest BCUT2D eigenvalue weighted by molar-refractivity contribution is 0.761. The van der Waals surface area contributed by atoms with Crippen molar-refractivity contribution in [1.82, 2.24) is 9.55 Å². The van der Waals surface area contributed by atoms with E-state index in [1.165, 1.54) is 16.8 Å². The van der Waals surface area contributed by atoms with E-state index >= 15 is 0 Å². The molecule has 0 aliphatic rings. The fraction of sp³-hybridized carbons (Fsp3) is 0.400. The highest BCUT2D eigenvalue weighted by molar-refractivity contribution is 9.10. The minimum absolute atomic E-state index is 0.640. The zero-order chi connectivity index (χ0) is 14.0. The second kappa shape index (κ2) is 5.88. The molecule has 2 N–H and O–H groups in total. The van der Waals surface area contributed by atoms with E-state index < -0.39 is 0 Å². The SMILES string of the molecule is Cc1cc(Br)ccc1Cc1nc(CCN)n(C)c1C. The molecular weight excluding hydrogens is 302 g/mol. The lowest BCUT2D eigenvalue weighted by atomic mass is 10.0. The standard InChI is InChI=1S/C15H20BrN3/c1-10-8-13(16)5-4-12(10)9-14-11(2)19(3)15(18-14)6-7-17/h4-5,8H,6-7,9,17H2,1-3H3. The van der Waals surface area contributed by atoms with Gasteiger partial charge in [0, 0.05) is 30.1 Å². The molecule has 3 nitrogen and oxygen atoms in total. The van der Waals surface area contributed by atoms with Crippen molar-refractivity contribution in [3.05, 3.63) is 51.0 Å². The smallest absolute Gasteiger partial charge is 0.110 e. The van der Waals surface area contributed by atoms with Crippen LogP contribution in [0.4, 0.5) is 0 Å². The van der Waals surface area contributed by atoms with Gasteiger partial charge < -0.3 is 10.3 Å². The molecule has 0 unspecified atom stereocenters. The molecule has 1 heterocycles. The van der Waals surface area contributed by atoms with Crippen LogP contribution in [0.25, 0.3) is 0 Å². The van der Waals surface area contributed by atoms with Gasteiger partial charge in [-0.05, 0) is 43.7 Å². The molecule has 0 fully saturated rings. The van der Waals surface area contributed by atoms with Crippen LogP contribution in [0, 0.1) is 13.8 Å². The number of imidazole rings is 1. The Balaban J connectivity index is 2.30. The summed E-state index contributed by atoms with van der Waals surface area (Å²) in [6.45, 7) is 4.90. The number of benzene rings is 1. The molecule has 102 valence electrons. The Morgan fingerprint density at radius 2 is 2.05 bits per heavy atom. The molecule has 1 aromatic carbocycles. The number of aryl methyl sites for hydroxylation is 1. The van der Waals surface area contributed by atoms with Crippen molar-refractivity contribution in [2.24, 2.45) is 12.8 Å². The van der Waals surface area contributed by atoms with Gasteiger partial charge in [0.15, 0.2) is 0 Å². The average molecular weight is 322 g/mol. The van der Waals surface area contributed by atoms with E-state index in [0.29, 0.717) is 6.54 Å². The number of hydrogen-bond donors (Lipinski definition) is 1. The molecule has 0 saturated carbocycles. The zero-order valence-corrected chi connectivity index (χ0v) is 13.3. The Bertz CT molecular complexity index is 587. The summed E-state index contributed by atoms with van der Waals surface area (Å²) in [7, 11) is 2.06. The number of halogens is 1. The van der Waals surface area contributed by atoms with E-state index in [1.54, 1.807) is 0 Å². The van der Waals surface area contributed by atoms with Crippen LogP contribution >= 0.6 is 15.9 Å². The van der Waals surface area contributed by atoms with E-state index in [-0.39, 0.29) is 0 Å². The lowest BCUT2D eigenvalue weighted by Crippen LogP contribution is -2.08. The number of hydrogen-bond acceptors (Lipinski definition) is 2. The molecule has 0 bridgehead atoms. The fourth-order valence-corrected chi connectivity index (χ4v) is 2.73. The largest absolute Gasteiger partial charge is 0.335 e. The molecule has 0 radical (unpaired) electrons. The number of aromatic nitrogens is 2. The van der Waals surface area contributed by atoms with Crippen molar-refractivity contribution in [2.75, 3.05) is 6.54 Å². The predicted molar refractivity (Wildman–Crippen MR) is 82.4 cm³/mol. The van der Waals surface area contributed by atoms with Gasteiger partial charge in [-0.3, -0.25) is 0 Å². The first-order valence-electron chi connectivity index (χ1n) is 6.49. The molecule has 2 rings (SSSR count). The van der Waals surface area contributed by atoms with Crippen molar-refractivity contribution >= 4 is 15.9 Å². The molecule has 0 amide bonds. The Morgan fingerprint density at radius 3 is 2.68 bits per heavy atom. The van der Waals surface area contributed by atoms with Crippen molar-refractivity contribution in [3.8, 4) is 0 Å². The van der Waals surface area contributed by atoms with Gasteiger partial charge >= 0.3 is 0 Å². The first kappa shape index (κ1) is 14.3. The molecule has 0 saturated heterocycles. The van der Waals surface area contributed by atoms with Gasteiger partial charge in [0.05, 0.1) is 5.69 Å². The van der Waals surface area contributed by atoms with Crippen LogP contribution in [0.3, 0.4) is 0 Å². The monoisotopic (exact) mass is 321 g/mol. The number of nitrogens with two attached hydrogens (primary N) is 1. The Labute approximate surface area is 123 Å². The predicted octanol–water partition coefficient (Wildman–Crippen LogP) is 2.89. The minimum Gasteiger partial charge on any atom is -0.335 e. The first-order valence-corrected chi connectivity index (χ1v) is 7.28. The van der Waals surface area contributed by atoms with E-state index in [0.717, 1.165) is 28.8 Å². The van der Waals surface area contributed by atoms with Crippen molar-refractivity contribution in [3.63, 3.8) is 0 Å². The molecule has 2 aromatic rings. The molecule has 0 aliphatic heterocycles. The highest BCUT2D eigenvalue weighted by Crippen LogP contribution is 2.20. The second-order valence-corrected chi connectivity index (χ2v) is 5.82. The quantitative estimate of drug-likeness (QED) is 0.941. The van der Waals surface area contributed by atoms with Crippen LogP contribution < -0.4 is 5.73 Å². The highest BCUT2D eigenvalue weighted by atomic mass is 79.9. The fourth-order valence-electron chi connectivity index (χ4n) is 2.26. The van der Waals surface area contributed by atoms with Gasteiger partial charge in [0.25, 0.3) is 0 Å². The molecule has 0 aliphatic carbocycles. The van der Waals surface area contributed by atoms with Crippen LogP contribution in [0.5, 0.6) is 0 Å². The van der Waals surface area contributed by atoms with Gasteiger partial charge in [-0.25, -0.2) is 4.98 Å². The van der Waals surface area contributed by atoms with Crippen LogP contribution in [0.2, 0.25) is 0 Å². The summed E-state index contributed by atoms with van der Waals surface area (Å²) < 4.78 is 3.27. The number of rotatable bonds is 4. The van der Waals surface area contributed by atoms with Gasteiger partial charge in [0.2, 0.25) is 0 Å². The molecule has 0 spiro atoms. The molecule has 19 heavy (non-hydrogen) atoms. The normalized spacial score (nSPS) is 11.0. The van der Waals surface area contributed by atoms with Crippen LogP contribution in [0.1, 0.15) is 28.3 Å². The first-order chi connectivity index (χ1) is 9.02. The lowest BCUT2D eigenvalue weighted by Gasteiger charge is -2.05. The summed E-state index contributed by atoms with van der Waals surface area (Å²) in [5, 5.41) is 0. The molecule has 0 atom stereocenters. The van der Waals surface area contributed by atoms with E-state index in [9.17, 15) is 0 Å². The number of nitrogens with zero attached hydrogens (tertiary/aromatic N) is 2. The van der Waals surface area contributed by atoms with Crippen LogP contribution in [0.15, 0.2) is 22.7 Å². The summed E-state index contributed by atoms with van der Waals surface area (Å²) >= 11 is 3.50.